The number of benzene rings is 1. The second-order valence-corrected chi connectivity index (χ2v) is 19.9. The summed E-state index contributed by atoms with van der Waals surface area (Å²) in [5, 5.41) is 19.6. The van der Waals surface area contributed by atoms with E-state index in [2.05, 4.69) is 46.5 Å². The van der Waals surface area contributed by atoms with Gasteiger partial charge < -0.3 is 39.2 Å². The molecule has 3 aliphatic rings. The van der Waals surface area contributed by atoms with Crippen molar-refractivity contribution in [1.82, 2.24) is 45.0 Å². The Bertz CT molecular complexity index is 2380. The minimum absolute atomic E-state index is 0.00886. The van der Waals surface area contributed by atoms with Crippen LogP contribution in [0.25, 0.3) is 33.4 Å². The van der Waals surface area contributed by atoms with Gasteiger partial charge in [0.1, 0.15) is 12.1 Å². The lowest BCUT2D eigenvalue weighted by molar-refractivity contribution is -0.189. The van der Waals surface area contributed by atoms with Gasteiger partial charge in [-0.3, -0.25) is 19.6 Å². The van der Waals surface area contributed by atoms with Gasteiger partial charge in [0.15, 0.2) is 0 Å². The molecule has 7 rings (SSSR count). The predicted molar refractivity (Wildman–Crippen MR) is 246 cm³/mol. The summed E-state index contributed by atoms with van der Waals surface area (Å²) in [7, 11) is 7.24. The largest absolute Gasteiger partial charge is 0.462 e. The number of cyclic esters (lactones) is 1. The van der Waals surface area contributed by atoms with E-state index in [9.17, 15) is 24.3 Å². The number of urea groups is 1. The van der Waals surface area contributed by atoms with Crippen LogP contribution in [0.3, 0.4) is 0 Å². The van der Waals surface area contributed by atoms with Crippen LogP contribution in [0.15, 0.2) is 41.9 Å². The zero-order chi connectivity index (χ0) is 46.2. The van der Waals surface area contributed by atoms with Crippen LogP contribution in [0.4, 0.5) is 4.79 Å². The molecule has 6 heterocycles. The SMILES string of the molecule is CCn1c(-c2cccnc2[C@H](C)OC)c2c3cc(ccc31)-c1csc(n1)C[C@H](NC(=O)[C@H](C(C)C)N(C)C(=O)N1CC[C@@H]1CN(C)C)C(=O)N1CCC[C@@](O)(N1)C(=O)OCC(C)(C)C2. The van der Waals surface area contributed by atoms with Crippen molar-refractivity contribution in [2.45, 2.75) is 110 Å². The number of esters is 1. The number of likely N-dealkylation sites (tertiary alicyclic amines) is 1. The van der Waals surface area contributed by atoms with E-state index in [1.165, 1.54) is 21.2 Å². The maximum Gasteiger partial charge on any atom is 0.355 e. The number of amides is 4. The predicted octanol–water partition coefficient (Wildman–Crippen LogP) is 5.23. The minimum atomic E-state index is -2.20. The van der Waals surface area contributed by atoms with Crippen LogP contribution in [0.1, 0.15) is 83.2 Å². The van der Waals surface area contributed by atoms with Crippen LogP contribution >= 0.6 is 11.3 Å². The number of nitrogens with one attached hydrogen (secondary N) is 2. The Morgan fingerprint density at radius 1 is 1.14 bits per heavy atom. The van der Waals surface area contributed by atoms with Gasteiger partial charge in [-0.15, -0.1) is 11.3 Å². The summed E-state index contributed by atoms with van der Waals surface area (Å²) < 4.78 is 14.0. The molecule has 4 aromatic rings. The van der Waals surface area contributed by atoms with Crippen molar-refractivity contribution < 1.29 is 33.8 Å². The molecular formula is C47H65N9O7S. The van der Waals surface area contributed by atoms with Gasteiger partial charge in [0, 0.05) is 98.2 Å². The van der Waals surface area contributed by atoms with Crippen LogP contribution < -0.4 is 10.7 Å². The quantitative estimate of drug-likeness (QED) is 0.178. The van der Waals surface area contributed by atoms with Crippen LogP contribution in [-0.4, -0.2) is 142 Å². The Balaban J connectivity index is 1.29. The number of aryl methyl sites for hydroxylation is 1. The van der Waals surface area contributed by atoms with Gasteiger partial charge in [0.25, 0.3) is 5.91 Å². The Kier molecular flexibility index (Phi) is 13.9. The highest BCUT2D eigenvalue weighted by molar-refractivity contribution is 7.10. The number of pyridine rings is 1. The number of ether oxygens (including phenoxy) is 2. The van der Waals surface area contributed by atoms with Crippen molar-refractivity contribution in [2.24, 2.45) is 11.3 Å². The van der Waals surface area contributed by atoms with Gasteiger partial charge in [-0.05, 0) is 83.0 Å². The van der Waals surface area contributed by atoms with Gasteiger partial charge in [0.2, 0.25) is 11.6 Å². The van der Waals surface area contributed by atoms with Gasteiger partial charge in [0.05, 0.1) is 34.8 Å². The van der Waals surface area contributed by atoms with E-state index in [1.807, 2.05) is 65.1 Å². The van der Waals surface area contributed by atoms with Crippen LogP contribution in [0.5, 0.6) is 0 Å². The van der Waals surface area contributed by atoms with E-state index in [4.69, 9.17) is 19.4 Å². The van der Waals surface area contributed by atoms with Gasteiger partial charge in [-0.25, -0.2) is 14.6 Å². The standard InChI is InChI=1S/C47H65N9O7S/c1-11-54-37-16-15-30-22-33(37)34(41(54)32-14-12-19-48-39(32)29(4)62-10)24-46(5,6)27-63-44(59)47(61)18-13-20-56(51-47)43(58)35(23-38-49-36(30)26-64-38)50-42(57)40(28(2)3)53(9)45(60)55-21-17-31(55)25-52(7)8/h12,14-16,19,22,26,28-29,31,35,40,51,61H,11,13,17-18,20-21,23-25,27H2,1-10H3,(H,50,57)/t29-,31+,35-,40-,47-/m0/s1. The first-order valence-corrected chi connectivity index (χ1v) is 23.3. The summed E-state index contributed by atoms with van der Waals surface area (Å²) in [6.07, 6.45) is 3.20. The number of fused-ring (bicyclic) bond motifs is 6. The molecule has 0 spiro atoms. The monoisotopic (exact) mass is 899 g/mol. The Morgan fingerprint density at radius 3 is 2.58 bits per heavy atom. The molecule has 6 bridgehead atoms. The number of rotatable bonds is 10. The van der Waals surface area contributed by atoms with Crippen molar-refractivity contribution in [3.63, 3.8) is 0 Å². The smallest absolute Gasteiger partial charge is 0.355 e. The fourth-order valence-corrected chi connectivity index (χ4v) is 10.3. The van der Waals surface area contributed by atoms with Crippen molar-refractivity contribution >= 4 is 46.1 Å². The number of thiazole rings is 1. The van der Waals surface area contributed by atoms with Crippen molar-refractivity contribution in [1.29, 1.82) is 0 Å². The summed E-state index contributed by atoms with van der Waals surface area (Å²) >= 11 is 1.38. The molecule has 2 saturated heterocycles. The molecule has 1 aromatic carbocycles. The van der Waals surface area contributed by atoms with Crippen molar-refractivity contribution in [3.8, 4) is 22.5 Å². The minimum Gasteiger partial charge on any atom is -0.462 e. The van der Waals surface area contributed by atoms with E-state index in [0.717, 1.165) is 51.1 Å². The Hall–Kier alpha value is -4.94. The molecule has 0 radical (unpaired) electrons. The number of hydrogen-bond donors (Lipinski definition) is 3. The lowest BCUT2D eigenvalue weighted by Crippen LogP contribution is -2.67. The Labute approximate surface area is 380 Å². The molecule has 3 aliphatic heterocycles. The third kappa shape index (κ3) is 9.41. The number of nitrogens with zero attached hydrogens (tertiary/aromatic N) is 7. The zero-order valence-electron chi connectivity index (χ0n) is 38.9. The lowest BCUT2D eigenvalue weighted by Gasteiger charge is -2.45. The summed E-state index contributed by atoms with van der Waals surface area (Å²) in [5.41, 5.74) is 6.39. The van der Waals surface area contributed by atoms with E-state index in [-0.39, 0.29) is 50.1 Å². The highest BCUT2D eigenvalue weighted by Crippen LogP contribution is 2.42. The molecular weight excluding hydrogens is 835 g/mol. The molecule has 3 aromatic heterocycles. The summed E-state index contributed by atoms with van der Waals surface area (Å²) in [6, 6.07) is 8.05. The number of aromatic nitrogens is 3. The molecule has 0 unspecified atom stereocenters. The molecule has 3 N–H and O–H groups in total. The summed E-state index contributed by atoms with van der Waals surface area (Å²) in [6.45, 7) is 14.0. The molecule has 17 heteroatoms. The molecule has 0 saturated carbocycles. The third-order valence-corrected chi connectivity index (χ3v) is 13.7. The molecule has 346 valence electrons. The molecule has 16 nitrogen and oxygen atoms in total. The number of likely N-dealkylation sites (N-methyl/N-ethyl adjacent to an activating group) is 2. The van der Waals surface area contributed by atoms with E-state index >= 15 is 0 Å². The average molecular weight is 900 g/mol. The molecule has 0 aliphatic carbocycles. The average Bonchev–Trinajstić information content (AvgIpc) is 3.84. The topological polar surface area (TPSA) is 175 Å². The van der Waals surface area contributed by atoms with Gasteiger partial charge in [-0.2, -0.15) is 5.43 Å². The molecule has 5 atom stereocenters. The van der Waals surface area contributed by atoms with Crippen molar-refractivity contribution in [3.05, 3.63) is 58.2 Å². The number of carbonyl (C=O) groups is 4. The number of hydrazine groups is 1. The second kappa shape index (κ2) is 18.9. The summed E-state index contributed by atoms with van der Waals surface area (Å²) in [4.78, 5) is 72.0. The first-order valence-electron chi connectivity index (χ1n) is 22.4. The number of hydrogen-bond acceptors (Lipinski definition) is 12. The van der Waals surface area contributed by atoms with E-state index in [0.29, 0.717) is 37.5 Å². The van der Waals surface area contributed by atoms with Crippen LogP contribution in [0, 0.1) is 11.3 Å². The number of aliphatic hydroxyl groups is 1. The van der Waals surface area contributed by atoms with Crippen LogP contribution in [-0.2, 0) is 43.2 Å². The first-order chi connectivity index (χ1) is 30.4. The van der Waals surface area contributed by atoms with E-state index < -0.39 is 41.0 Å². The second-order valence-electron chi connectivity index (χ2n) is 19.0. The van der Waals surface area contributed by atoms with Gasteiger partial charge in [-0.1, -0.05) is 33.8 Å². The first kappa shape index (κ1) is 47.0. The maximum absolute atomic E-state index is 14.6. The third-order valence-electron chi connectivity index (χ3n) is 12.8. The molecule has 2 fully saturated rings. The van der Waals surface area contributed by atoms with Crippen LogP contribution in [0.2, 0.25) is 0 Å². The number of methoxy groups -OCH3 is 1. The fourth-order valence-electron chi connectivity index (χ4n) is 9.41. The highest BCUT2D eigenvalue weighted by Gasteiger charge is 2.46. The fraction of sp³-hybridized carbons (Fsp3) is 0.574. The maximum atomic E-state index is 14.6. The van der Waals surface area contributed by atoms with Crippen molar-refractivity contribution in [2.75, 3.05) is 54.5 Å². The van der Waals surface area contributed by atoms with Gasteiger partial charge >= 0.3 is 12.0 Å². The van der Waals surface area contributed by atoms with E-state index in [1.54, 1.807) is 25.3 Å². The zero-order valence-corrected chi connectivity index (χ0v) is 39.8. The number of carbonyl (C=O) groups excluding carboxylic acids is 4. The molecule has 64 heavy (non-hydrogen) atoms. The summed E-state index contributed by atoms with van der Waals surface area (Å²) in [5.74, 6) is -2.24. The normalized spacial score (nSPS) is 22.5. The Morgan fingerprint density at radius 2 is 1.91 bits per heavy atom. The highest BCUT2D eigenvalue weighted by atomic mass is 32.1. The molecule has 4 amide bonds. The lowest BCUT2D eigenvalue weighted by atomic mass is 9.84.